The normalized spacial score (nSPS) is 11.5. The average molecular weight is 462 g/mol. The topological polar surface area (TPSA) is 112 Å². The molecule has 3 aromatic rings. The van der Waals surface area contributed by atoms with Gasteiger partial charge in [-0.2, -0.15) is 0 Å². The fraction of sp³-hybridized carbons (Fsp3) is 0.160. The maximum atomic E-state index is 12.9. The lowest BCUT2D eigenvalue weighted by atomic mass is 10.1. The van der Waals surface area contributed by atoms with E-state index in [1.165, 1.54) is 14.0 Å². The lowest BCUT2D eigenvalue weighted by molar-refractivity contribution is -0.118. The average Bonchev–Trinajstić information content (AvgIpc) is 3.30. The molecule has 0 saturated heterocycles. The van der Waals surface area contributed by atoms with E-state index < -0.39 is 11.8 Å². The molecule has 0 aromatic heterocycles. The van der Waals surface area contributed by atoms with Gasteiger partial charge in [0.15, 0.2) is 35.4 Å². The van der Waals surface area contributed by atoms with E-state index in [2.05, 4.69) is 10.6 Å². The van der Waals surface area contributed by atoms with Gasteiger partial charge in [-0.1, -0.05) is 12.1 Å². The number of nitrogens with one attached hydrogen (secondary N) is 2. The summed E-state index contributed by atoms with van der Waals surface area (Å²) in [5.74, 6) is 0.818. The maximum Gasteiger partial charge on any atom is 0.262 e. The smallest absolute Gasteiger partial charge is 0.262 e. The standard InChI is InChI=1S/C25H22N2O7/c1-15(28)16-7-9-20(22(11-16)31-2)32-13-24(29)27-19-6-4-3-5-18(19)25(30)26-17-8-10-21-23(12-17)34-14-33-21/h3-12H,13-14H2,1-2H3,(H,26,30)(H,27,29). The number of carbonyl (C=O) groups is 3. The van der Waals surface area contributed by atoms with Gasteiger partial charge in [-0.05, 0) is 49.4 Å². The molecule has 0 spiro atoms. The van der Waals surface area contributed by atoms with E-state index in [1.807, 2.05) is 0 Å². The molecule has 9 heteroatoms. The second kappa shape index (κ2) is 9.95. The summed E-state index contributed by atoms with van der Waals surface area (Å²) < 4.78 is 21.4. The van der Waals surface area contributed by atoms with Gasteiger partial charge in [-0.25, -0.2) is 0 Å². The maximum absolute atomic E-state index is 12.9. The molecule has 1 aliphatic rings. The molecule has 4 rings (SSSR count). The zero-order valence-corrected chi connectivity index (χ0v) is 18.5. The van der Waals surface area contributed by atoms with Crippen LogP contribution in [0.3, 0.4) is 0 Å². The number of rotatable bonds is 8. The first kappa shape index (κ1) is 22.7. The Kier molecular flexibility index (Phi) is 6.63. The highest BCUT2D eigenvalue weighted by molar-refractivity contribution is 6.10. The van der Waals surface area contributed by atoms with Crippen molar-refractivity contribution < 1.29 is 33.3 Å². The SMILES string of the molecule is COc1cc(C(C)=O)ccc1OCC(=O)Nc1ccccc1C(=O)Nc1ccc2c(c1)OCO2. The number of carbonyl (C=O) groups excluding carboxylic acids is 3. The van der Waals surface area contributed by atoms with Crippen molar-refractivity contribution in [3.63, 3.8) is 0 Å². The van der Waals surface area contributed by atoms with Crippen LogP contribution < -0.4 is 29.6 Å². The van der Waals surface area contributed by atoms with Crippen molar-refractivity contribution in [1.82, 2.24) is 0 Å². The number of ketones is 1. The molecule has 0 bridgehead atoms. The summed E-state index contributed by atoms with van der Waals surface area (Å²) in [5.41, 5.74) is 1.60. The number of methoxy groups -OCH3 is 1. The molecule has 0 unspecified atom stereocenters. The Morgan fingerprint density at radius 1 is 0.912 bits per heavy atom. The zero-order valence-electron chi connectivity index (χ0n) is 18.5. The lowest BCUT2D eigenvalue weighted by Crippen LogP contribution is -2.23. The number of hydrogen-bond acceptors (Lipinski definition) is 7. The van der Waals surface area contributed by atoms with Crippen LogP contribution in [0.2, 0.25) is 0 Å². The number of anilines is 2. The molecule has 0 atom stereocenters. The highest BCUT2D eigenvalue weighted by atomic mass is 16.7. The van der Waals surface area contributed by atoms with Crippen molar-refractivity contribution in [3.8, 4) is 23.0 Å². The number of para-hydroxylation sites is 1. The van der Waals surface area contributed by atoms with E-state index in [1.54, 1.807) is 60.7 Å². The first-order valence-corrected chi connectivity index (χ1v) is 10.4. The molecule has 2 N–H and O–H groups in total. The fourth-order valence-electron chi connectivity index (χ4n) is 3.30. The first-order chi connectivity index (χ1) is 16.4. The van der Waals surface area contributed by atoms with Crippen molar-refractivity contribution >= 4 is 29.0 Å². The first-order valence-electron chi connectivity index (χ1n) is 10.4. The summed E-state index contributed by atoms with van der Waals surface area (Å²) in [5, 5.41) is 5.48. The summed E-state index contributed by atoms with van der Waals surface area (Å²) in [7, 11) is 1.45. The number of amides is 2. The van der Waals surface area contributed by atoms with E-state index in [4.69, 9.17) is 18.9 Å². The molecule has 9 nitrogen and oxygen atoms in total. The molecule has 174 valence electrons. The van der Waals surface area contributed by atoms with Crippen LogP contribution in [0.4, 0.5) is 11.4 Å². The predicted molar refractivity (Wildman–Crippen MR) is 124 cm³/mol. The summed E-state index contributed by atoms with van der Waals surface area (Å²) >= 11 is 0. The Balaban J connectivity index is 1.41. The van der Waals surface area contributed by atoms with Crippen LogP contribution in [0.25, 0.3) is 0 Å². The van der Waals surface area contributed by atoms with Gasteiger partial charge in [0.25, 0.3) is 11.8 Å². The van der Waals surface area contributed by atoms with Crippen molar-refractivity contribution in [2.75, 3.05) is 31.1 Å². The fourth-order valence-corrected chi connectivity index (χ4v) is 3.30. The van der Waals surface area contributed by atoms with Crippen molar-refractivity contribution in [3.05, 3.63) is 71.8 Å². The molecule has 0 radical (unpaired) electrons. The molecule has 1 aliphatic heterocycles. The third-order valence-corrected chi connectivity index (χ3v) is 5.01. The van der Waals surface area contributed by atoms with Crippen LogP contribution in [0.15, 0.2) is 60.7 Å². The van der Waals surface area contributed by atoms with Crippen LogP contribution in [0.5, 0.6) is 23.0 Å². The number of benzene rings is 3. The lowest BCUT2D eigenvalue weighted by Gasteiger charge is -2.13. The van der Waals surface area contributed by atoms with Gasteiger partial charge in [0.05, 0.1) is 18.4 Å². The Hall–Kier alpha value is -4.53. The third-order valence-electron chi connectivity index (χ3n) is 5.01. The summed E-state index contributed by atoms with van der Waals surface area (Å²) in [4.78, 5) is 36.9. The van der Waals surface area contributed by atoms with Gasteiger partial charge < -0.3 is 29.6 Å². The van der Waals surface area contributed by atoms with Crippen LogP contribution in [-0.2, 0) is 4.79 Å². The van der Waals surface area contributed by atoms with E-state index >= 15 is 0 Å². The second-order valence-corrected chi connectivity index (χ2v) is 7.33. The third kappa shape index (κ3) is 5.09. The molecular formula is C25H22N2O7. The highest BCUT2D eigenvalue weighted by Crippen LogP contribution is 2.34. The molecular weight excluding hydrogens is 440 g/mol. The monoisotopic (exact) mass is 462 g/mol. The predicted octanol–water partition coefficient (Wildman–Crippen LogP) is 3.90. The summed E-state index contributed by atoms with van der Waals surface area (Å²) in [6.07, 6.45) is 0. The largest absolute Gasteiger partial charge is 0.493 e. The number of hydrogen-bond donors (Lipinski definition) is 2. The van der Waals surface area contributed by atoms with Crippen LogP contribution >= 0.6 is 0 Å². The van der Waals surface area contributed by atoms with Crippen molar-refractivity contribution in [1.29, 1.82) is 0 Å². The number of fused-ring (bicyclic) bond motifs is 1. The highest BCUT2D eigenvalue weighted by Gasteiger charge is 2.17. The Morgan fingerprint density at radius 3 is 2.50 bits per heavy atom. The number of Topliss-reactive ketones (excluding diaryl/α,β-unsaturated/α-hetero) is 1. The van der Waals surface area contributed by atoms with Gasteiger partial charge in [-0.15, -0.1) is 0 Å². The molecule has 0 fully saturated rings. The van der Waals surface area contributed by atoms with Gasteiger partial charge in [0, 0.05) is 17.3 Å². The Labute approximate surface area is 195 Å². The summed E-state index contributed by atoms with van der Waals surface area (Å²) in [6.45, 7) is 1.26. The van der Waals surface area contributed by atoms with Gasteiger partial charge in [-0.3, -0.25) is 14.4 Å². The van der Waals surface area contributed by atoms with Crippen molar-refractivity contribution in [2.24, 2.45) is 0 Å². The van der Waals surface area contributed by atoms with Crippen molar-refractivity contribution in [2.45, 2.75) is 6.92 Å². The van der Waals surface area contributed by atoms with E-state index in [0.717, 1.165) is 0 Å². The minimum atomic E-state index is -0.471. The molecule has 3 aromatic carbocycles. The quantitative estimate of drug-likeness (QED) is 0.488. The van der Waals surface area contributed by atoms with Gasteiger partial charge in [0.2, 0.25) is 6.79 Å². The minimum absolute atomic E-state index is 0.113. The minimum Gasteiger partial charge on any atom is -0.493 e. The number of ether oxygens (including phenoxy) is 4. The van der Waals surface area contributed by atoms with E-state index in [9.17, 15) is 14.4 Å². The zero-order chi connectivity index (χ0) is 24.1. The second-order valence-electron chi connectivity index (χ2n) is 7.33. The molecule has 2 amide bonds. The van der Waals surface area contributed by atoms with Gasteiger partial charge in [0.1, 0.15) is 0 Å². The van der Waals surface area contributed by atoms with Crippen LogP contribution in [0, 0.1) is 0 Å². The Bertz CT molecular complexity index is 1260. The van der Waals surface area contributed by atoms with E-state index in [0.29, 0.717) is 39.9 Å². The molecule has 0 saturated carbocycles. The van der Waals surface area contributed by atoms with E-state index in [-0.39, 0.29) is 24.7 Å². The van der Waals surface area contributed by atoms with Crippen LogP contribution in [0.1, 0.15) is 27.6 Å². The summed E-state index contributed by atoms with van der Waals surface area (Å²) in [6, 6.07) is 16.4. The Morgan fingerprint density at radius 2 is 1.71 bits per heavy atom. The van der Waals surface area contributed by atoms with Gasteiger partial charge >= 0.3 is 0 Å². The molecule has 0 aliphatic carbocycles. The molecule has 34 heavy (non-hydrogen) atoms. The molecule has 1 heterocycles. The van der Waals surface area contributed by atoms with Crippen LogP contribution in [-0.4, -0.2) is 38.1 Å².